The Kier molecular flexibility index (Phi) is 5.06. The summed E-state index contributed by atoms with van der Waals surface area (Å²) >= 11 is 0. The fraction of sp³-hybridized carbons (Fsp3) is 0.235. The fourth-order valence-electron chi connectivity index (χ4n) is 2.13. The second kappa shape index (κ2) is 6.99. The molecule has 3 nitrogen and oxygen atoms in total. The maximum Gasteiger partial charge on any atom is 0.251 e. The third-order valence-corrected chi connectivity index (χ3v) is 3.35. The Morgan fingerprint density at radius 3 is 2.57 bits per heavy atom. The number of nitrogens with one attached hydrogen (secondary N) is 1. The number of amides is 1. The number of carbonyl (C=O) groups excluding carboxylic acids is 1. The van der Waals surface area contributed by atoms with Gasteiger partial charge in [0.2, 0.25) is 0 Å². The third kappa shape index (κ3) is 4.13. The predicted octanol–water partition coefficient (Wildman–Crippen LogP) is 2.82. The number of hydrogen-bond acceptors (Lipinski definition) is 2. The average molecular weight is 286 g/mol. The van der Waals surface area contributed by atoms with Crippen LogP contribution in [0.3, 0.4) is 0 Å². The molecule has 4 heteroatoms. The van der Waals surface area contributed by atoms with Gasteiger partial charge in [0.1, 0.15) is 5.82 Å². The molecule has 1 atom stereocenters. The molecular formula is C17H19FN2O. The lowest BCUT2D eigenvalue weighted by Crippen LogP contribution is -2.26. The Morgan fingerprint density at radius 2 is 1.95 bits per heavy atom. The van der Waals surface area contributed by atoms with Crippen molar-refractivity contribution in [1.29, 1.82) is 0 Å². The summed E-state index contributed by atoms with van der Waals surface area (Å²) in [7, 11) is 0. The van der Waals surface area contributed by atoms with E-state index in [1.54, 1.807) is 24.3 Å². The molecule has 0 bridgehead atoms. The average Bonchev–Trinajstić information content (AvgIpc) is 2.48. The minimum atomic E-state index is -0.306. The van der Waals surface area contributed by atoms with Crippen molar-refractivity contribution < 1.29 is 9.18 Å². The van der Waals surface area contributed by atoms with Gasteiger partial charge < -0.3 is 11.1 Å². The molecule has 0 aromatic heterocycles. The van der Waals surface area contributed by atoms with E-state index in [-0.39, 0.29) is 17.8 Å². The van der Waals surface area contributed by atoms with Crippen molar-refractivity contribution in [3.8, 4) is 0 Å². The molecule has 0 heterocycles. The first-order valence-electron chi connectivity index (χ1n) is 6.95. The monoisotopic (exact) mass is 286 g/mol. The molecule has 0 unspecified atom stereocenters. The van der Waals surface area contributed by atoms with Crippen molar-refractivity contribution in [3.63, 3.8) is 0 Å². The van der Waals surface area contributed by atoms with Gasteiger partial charge in [0.05, 0.1) is 6.04 Å². The van der Waals surface area contributed by atoms with Gasteiger partial charge in [-0.2, -0.15) is 0 Å². The third-order valence-electron chi connectivity index (χ3n) is 3.35. The summed E-state index contributed by atoms with van der Waals surface area (Å²) in [6, 6.07) is 13.3. The van der Waals surface area contributed by atoms with Gasteiger partial charge in [-0.15, -0.1) is 0 Å². The van der Waals surface area contributed by atoms with E-state index in [0.29, 0.717) is 12.1 Å². The van der Waals surface area contributed by atoms with Crippen molar-refractivity contribution in [1.82, 2.24) is 5.32 Å². The van der Waals surface area contributed by atoms with E-state index in [9.17, 15) is 9.18 Å². The second-order valence-corrected chi connectivity index (χ2v) is 4.99. The highest BCUT2D eigenvalue weighted by Gasteiger charge is 2.11. The van der Waals surface area contributed by atoms with Gasteiger partial charge in [0.15, 0.2) is 0 Å². The summed E-state index contributed by atoms with van der Waals surface area (Å²) in [5, 5.41) is 2.86. The lowest BCUT2D eigenvalue weighted by atomic mass is 10.1. The van der Waals surface area contributed by atoms with E-state index in [0.717, 1.165) is 17.5 Å². The van der Waals surface area contributed by atoms with E-state index in [2.05, 4.69) is 5.32 Å². The van der Waals surface area contributed by atoms with Crippen molar-refractivity contribution in [2.45, 2.75) is 19.4 Å². The Balaban J connectivity index is 2.03. The van der Waals surface area contributed by atoms with Crippen LogP contribution < -0.4 is 11.1 Å². The Morgan fingerprint density at radius 1 is 1.24 bits per heavy atom. The normalized spacial score (nSPS) is 12.0. The topological polar surface area (TPSA) is 55.1 Å². The molecule has 0 aliphatic heterocycles. The van der Waals surface area contributed by atoms with Gasteiger partial charge in [-0.25, -0.2) is 4.39 Å². The molecule has 110 valence electrons. The van der Waals surface area contributed by atoms with Crippen LogP contribution in [0.4, 0.5) is 4.39 Å². The smallest absolute Gasteiger partial charge is 0.251 e. The first kappa shape index (κ1) is 15.2. The quantitative estimate of drug-likeness (QED) is 0.888. The Bertz CT molecular complexity index is 610. The van der Waals surface area contributed by atoms with Gasteiger partial charge in [0.25, 0.3) is 5.91 Å². The Labute approximate surface area is 124 Å². The molecule has 1 amide bonds. The van der Waals surface area contributed by atoms with Crippen LogP contribution in [-0.2, 0) is 6.42 Å². The van der Waals surface area contributed by atoms with Crippen molar-refractivity contribution in [2.24, 2.45) is 5.73 Å². The lowest BCUT2D eigenvalue weighted by molar-refractivity contribution is 0.0940. The summed E-state index contributed by atoms with van der Waals surface area (Å²) in [6.07, 6.45) is 0.793. The molecule has 0 aliphatic rings. The maximum absolute atomic E-state index is 13.2. The van der Waals surface area contributed by atoms with Gasteiger partial charge >= 0.3 is 0 Å². The van der Waals surface area contributed by atoms with Gasteiger partial charge in [-0.3, -0.25) is 4.79 Å². The number of nitrogens with two attached hydrogens (primary N) is 1. The largest absolute Gasteiger partial charge is 0.346 e. The SMILES string of the molecule is C[C@H](NC(=O)c1ccc(CCN)cc1)c1cccc(F)c1. The zero-order valence-electron chi connectivity index (χ0n) is 12.0. The lowest BCUT2D eigenvalue weighted by Gasteiger charge is -2.14. The first-order valence-corrected chi connectivity index (χ1v) is 6.95. The van der Waals surface area contributed by atoms with Crippen LogP contribution >= 0.6 is 0 Å². The summed E-state index contributed by atoms with van der Waals surface area (Å²) in [6.45, 7) is 2.41. The van der Waals surface area contributed by atoms with E-state index < -0.39 is 0 Å². The van der Waals surface area contributed by atoms with Crippen LogP contribution in [0, 0.1) is 5.82 Å². The number of hydrogen-bond donors (Lipinski definition) is 2. The number of carbonyl (C=O) groups is 1. The minimum absolute atomic E-state index is 0.175. The molecule has 3 N–H and O–H groups in total. The number of rotatable bonds is 5. The number of benzene rings is 2. The van der Waals surface area contributed by atoms with Crippen LogP contribution in [-0.4, -0.2) is 12.5 Å². The maximum atomic E-state index is 13.2. The van der Waals surface area contributed by atoms with E-state index >= 15 is 0 Å². The molecule has 2 aromatic rings. The molecule has 0 saturated carbocycles. The van der Waals surface area contributed by atoms with Crippen LogP contribution in [0.2, 0.25) is 0 Å². The molecule has 0 radical (unpaired) electrons. The van der Waals surface area contributed by atoms with Crippen molar-refractivity contribution >= 4 is 5.91 Å². The molecule has 2 rings (SSSR count). The minimum Gasteiger partial charge on any atom is -0.346 e. The summed E-state index contributed by atoms with van der Waals surface area (Å²) in [4.78, 5) is 12.2. The summed E-state index contributed by atoms with van der Waals surface area (Å²) in [5.41, 5.74) is 7.92. The molecule has 0 spiro atoms. The molecule has 0 aliphatic carbocycles. The molecule has 21 heavy (non-hydrogen) atoms. The predicted molar refractivity (Wildman–Crippen MR) is 81.5 cm³/mol. The van der Waals surface area contributed by atoms with Crippen molar-refractivity contribution in [2.75, 3.05) is 6.54 Å². The standard InChI is InChI=1S/C17H19FN2O/c1-12(15-3-2-4-16(18)11-15)20-17(21)14-7-5-13(6-8-14)9-10-19/h2-8,11-12H,9-10,19H2,1H3,(H,20,21)/t12-/m0/s1. The zero-order chi connectivity index (χ0) is 15.2. The van der Waals surface area contributed by atoms with Crippen LogP contribution in [0.1, 0.15) is 34.5 Å². The molecule has 2 aromatic carbocycles. The molecular weight excluding hydrogens is 267 g/mol. The highest BCUT2D eigenvalue weighted by Crippen LogP contribution is 2.14. The first-order chi connectivity index (χ1) is 10.1. The van der Waals surface area contributed by atoms with E-state index in [1.165, 1.54) is 12.1 Å². The highest BCUT2D eigenvalue weighted by atomic mass is 19.1. The zero-order valence-corrected chi connectivity index (χ0v) is 12.0. The van der Waals surface area contributed by atoms with Crippen molar-refractivity contribution in [3.05, 3.63) is 71.0 Å². The van der Waals surface area contributed by atoms with Gasteiger partial charge in [0, 0.05) is 5.56 Å². The molecule has 0 fully saturated rings. The van der Waals surface area contributed by atoms with Gasteiger partial charge in [-0.05, 0) is 55.3 Å². The van der Waals surface area contributed by atoms with E-state index in [4.69, 9.17) is 5.73 Å². The summed E-state index contributed by atoms with van der Waals surface area (Å²) < 4.78 is 13.2. The van der Waals surface area contributed by atoms with Crippen LogP contribution in [0.25, 0.3) is 0 Å². The van der Waals surface area contributed by atoms with E-state index in [1.807, 2.05) is 19.1 Å². The van der Waals surface area contributed by atoms with Crippen LogP contribution in [0.5, 0.6) is 0 Å². The Hall–Kier alpha value is -2.20. The summed E-state index contributed by atoms with van der Waals surface area (Å²) in [5.74, 6) is -0.481. The second-order valence-electron chi connectivity index (χ2n) is 4.99. The molecule has 0 saturated heterocycles. The highest BCUT2D eigenvalue weighted by molar-refractivity contribution is 5.94. The van der Waals surface area contributed by atoms with Crippen LogP contribution in [0.15, 0.2) is 48.5 Å². The fourth-order valence-corrected chi connectivity index (χ4v) is 2.13. The van der Waals surface area contributed by atoms with Gasteiger partial charge in [-0.1, -0.05) is 24.3 Å². The number of halogens is 1.